The van der Waals surface area contributed by atoms with Gasteiger partial charge in [0.2, 0.25) is 5.91 Å². The molecule has 0 bridgehead atoms. The number of benzene rings is 2. The first-order chi connectivity index (χ1) is 11.6. The van der Waals surface area contributed by atoms with Gasteiger partial charge in [-0.05, 0) is 36.8 Å². The fourth-order valence-corrected chi connectivity index (χ4v) is 3.52. The number of anilines is 1. The normalized spacial score (nSPS) is 12.6. The predicted octanol–water partition coefficient (Wildman–Crippen LogP) is 5.17. The molecular formula is C18H14ClN3OS. The Hall–Kier alpha value is -2.37. The first-order valence-corrected chi connectivity index (χ1v) is 8.79. The number of thiazole rings is 1. The van der Waals surface area contributed by atoms with Crippen LogP contribution in [0.3, 0.4) is 0 Å². The van der Waals surface area contributed by atoms with E-state index in [-0.39, 0.29) is 11.8 Å². The lowest BCUT2D eigenvalue weighted by molar-refractivity contribution is -0.117. The molecule has 4 aromatic rings. The third-order valence-corrected chi connectivity index (χ3v) is 5.06. The number of amides is 1. The van der Waals surface area contributed by atoms with Gasteiger partial charge in [-0.15, -0.1) is 11.3 Å². The van der Waals surface area contributed by atoms with Gasteiger partial charge in [0.1, 0.15) is 0 Å². The Kier molecular flexibility index (Phi) is 3.75. The van der Waals surface area contributed by atoms with Crippen LogP contribution in [0.25, 0.3) is 21.8 Å². The van der Waals surface area contributed by atoms with Crippen molar-refractivity contribution in [2.24, 2.45) is 0 Å². The van der Waals surface area contributed by atoms with Gasteiger partial charge in [-0.2, -0.15) is 0 Å². The maximum absolute atomic E-state index is 12.4. The molecule has 0 saturated heterocycles. The van der Waals surface area contributed by atoms with Gasteiger partial charge in [0.25, 0.3) is 0 Å². The van der Waals surface area contributed by atoms with Gasteiger partial charge in [0, 0.05) is 38.4 Å². The second-order valence-electron chi connectivity index (χ2n) is 5.67. The van der Waals surface area contributed by atoms with Gasteiger partial charge in [-0.3, -0.25) is 4.79 Å². The van der Waals surface area contributed by atoms with E-state index in [0.29, 0.717) is 10.2 Å². The first kappa shape index (κ1) is 15.2. The van der Waals surface area contributed by atoms with Crippen LogP contribution in [-0.4, -0.2) is 15.9 Å². The van der Waals surface area contributed by atoms with Crippen LogP contribution in [0.2, 0.25) is 5.02 Å². The Balaban J connectivity index is 1.69. The second kappa shape index (κ2) is 5.92. The molecule has 1 atom stereocenters. The lowest BCUT2D eigenvalue weighted by Gasteiger charge is -2.11. The van der Waals surface area contributed by atoms with Crippen LogP contribution < -0.4 is 5.32 Å². The molecule has 0 fully saturated rings. The van der Waals surface area contributed by atoms with Gasteiger partial charge in [-0.1, -0.05) is 23.7 Å². The summed E-state index contributed by atoms with van der Waals surface area (Å²) in [6, 6.07) is 11.8. The molecule has 6 heteroatoms. The van der Waals surface area contributed by atoms with Crippen LogP contribution in [0.1, 0.15) is 18.4 Å². The van der Waals surface area contributed by atoms with E-state index in [1.54, 1.807) is 6.20 Å². The summed E-state index contributed by atoms with van der Waals surface area (Å²) >= 11 is 7.50. The Labute approximate surface area is 147 Å². The largest absolute Gasteiger partial charge is 0.355 e. The summed E-state index contributed by atoms with van der Waals surface area (Å²) in [5, 5.41) is 8.20. The Bertz CT molecular complexity index is 1040. The minimum absolute atomic E-state index is 0.0662. The third-order valence-electron chi connectivity index (χ3n) is 4.14. The molecule has 0 aliphatic heterocycles. The number of halogens is 1. The van der Waals surface area contributed by atoms with Gasteiger partial charge in [0.05, 0.1) is 5.92 Å². The molecule has 2 heterocycles. The Morgan fingerprint density at radius 1 is 1.21 bits per heavy atom. The number of carbonyl (C=O) groups is 1. The van der Waals surface area contributed by atoms with E-state index in [2.05, 4.69) is 15.3 Å². The average molecular weight is 356 g/mol. The monoisotopic (exact) mass is 355 g/mol. The SMILES string of the molecule is C[C@H](C(=O)Nc1nccs1)c1ccc2c(c1)[nH]c1ccc(Cl)cc12. The summed E-state index contributed by atoms with van der Waals surface area (Å²) in [6.45, 7) is 1.89. The van der Waals surface area contributed by atoms with Crippen LogP contribution in [0.5, 0.6) is 0 Å². The number of carbonyl (C=O) groups excluding carboxylic acids is 1. The van der Waals surface area contributed by atoms with Gasteiger partial charge in [0.15, 0.2) is 5.13 Å². The highest BCUT2D eigenvalue weighted by atomic mass is 35.5. The lowest BCUT2D eigenvalue weighted by Crippen LogP contribution is -2.18. The van der Waals surface area contributed by atoms with Crippen molar-refractivity contribution in [3.05, 3.63) is 58.6 Å². The summed E-state index contributed by atoms with van der Waals surface area (Å²) in [4.78, 5) is 19.9. The van der Waals surface area contributed by atoms with E-state index in [1.807, 2.05) is 48.7 Å². The fraction of sp³-hybridized carbons (Fsp3) is 0.111. The fourth-order valence-electron chi connectivity index (χ4n) is 2.81. The zero-order valence-corrected chi connectivity index (χ0v) is 14.4. The highest BCUT2D eigenvalue weighted by Crippen LogP contribution is 2.30. The van der Waals surface area contributed by atoms with Crippen molar-refractivity contribution in [2.75, 3.05) is 5.32 Å². The number of fused-ring (bicyclic) bond motifs is 3. The van der Waals surface area contributed by atoms with Gasteiger partial charge >= 0.3 is 0 Å². The minimum Gasteiger partial charge on any atom is -0.355 e. The molecule has 0 unspecified atom stereocenters. The summed E-state index contributed by atoms with van der Waals surface area (Å²) in [5.74, 6) is -0.336. The molecule has 4 rings (SSSR count). The molecule has 0 aliphatic rings. The molecule has 4 nitrogen and oxygen atoms in total. The molecule has 24 heavy (non-hydrogen) atoms. The quantitative estimate of drug-likeness (QED) is 0.532. The molecule has 2 aromatic heterocycles. The van der Waals surface area contributed by atoms with Crippen molar-refractivity contribution >= 4 is 55.8 Å². The van der Waals surface area contributed by atoms with Crippen LogP contribution in [0, 0.1) is 0 Å². The topological polar surface area (TPSA) is 57.8 Å². The molecule has 0 radical (unpaired) electrons. The Morgan fingerprint density at radius 3 is 2.88 bits per heavy atom. The van der Waals surface area contributed by atoms with E-state index in [1.165, 1.54) is 11.3 Å². The summed E-state index contributed by atoms with van der Waals surface area (Å²) in [5.41, 5.74) is 2.99. The first-order valence-electron chi connectivity index (χ1n) is 7.53. The van der Waals surface area contributed by atoms with Crippen molar-refractivity contribution in [3.8, 4) is 0 Å². The van der Waals surface area contributed by atoms with E-state index in [9.17, 15) is 4.79 Å². The Morgan fingerprint density at radius 2 is 2.08 bits per heavy atom. The van der Waals surface area contributed by atoms with Crippen molar-refractivity contribution in [1.82, 2.24) is 9.97 Å². The second-order valence-corrected chi connectivity index (χ2v) is 7.00. The summed E-state index contributed by atoms with van der Waals surface area (Å²) in [7, 11) is 0. The number of nitrogens with zero attached hydrogens (tertiary/aromatic N) is 1. The van der Waals surface area contributed by atoms with Gasteiger partial charge in [-0.25, -0.2) is 4.98 Å². The number of hydrogen-bond donors (Lipinski definition) is 2. The summed E-state index contributed by atoms with van der Waals surface area (Å²) in [6.07, 6.45) is 1.67. The van der Waals surface area contributed by atoms with Gasteiger partial charge < -0.3 is 10.3 Å². The molecule has 2 N–H and O–H groups in total. The smallest absolute Gasteiger partial charge is 0.233 e. The van der Waals surface area contributed by atoms with Crippen LogP contribution >= 0.6 is 22.9 Å². The van der Waals surface area contributed by atoms with Crippen molar-refractivity contribution < 1.29 is 4.79 Å². The number of hydrogen-bond acceptors (Lipinski definition) is 3. The van der Waals surface area contributed by atoms with Crippen LogP contribution in [-0.2, 0) is 4.79 Å². The highest BCUT2D eigenvalue weighted by Gasteiger charge is 2.17. The number of rotatable bonds is 3. The molecular weight excluding hydrogens is 342 g/mol. The lowest BCUT2D eigenvalue weighted by atomic mass is 9.99. The number of nitrogens with one attached hydrogen (secondary N) is 2. The van der Waals surface area contributed by atoms with Crippen LogP contribution in [0.15, 0.2) is 48.0 Å². The number of H-pyrrole nitrogens is 1. The predicted molar refractivity (Wildman–Crippen MR) is 100.0 cm³/mol. The number of aromatic amines is 1. The molecule has 2 aromatic carbocycles. The van der Waals surface area contributed by atoms with E-state index in [0.717, 1.165) is 27.4 Å². The molecule has 0 saturated carbocycles. The average Bonchev–Trinajstić information content (AvgIpc) is 3.20. The molecule has 1 amide bonds. The van der Waals surface area contributed by atoms with Crippen molar-refractivity contribution in [3.63, 3.8) is 0 Å². The van der Waals surface area contributed by atoms with Crippen molar-refractivity contribution in [1.29, 1.82) is 0 Å². The minimum atomic E-state index is -0.270. The molecule has 0 aliphatic carbocycles. The van der Waals surface area contributed by atoms with Crippen LogP contribution in [0.4, 0.5) is 5.13 Å². The van der Waals surface area contributed by atoms with Crippen molar-refractivity contribution in [2.45, 2.75) is 12.8 Å². The molecule has 120 valence electrons. The third kappa shape index (κ3) is 2.66. The maximum Gasteiger partial charge on any atom is 0.233 e. The van der Waals surface area contributed by atoms with E-state index in [4.69, 9.17) is 11.6 Å². The highest BCUT2D eigenvalue weighted by molar-refractivity contribution is 7.13. The number of aromatic nitrogens is 2. The molecule has 0 spiro atoms. The zero-order valence-electron chi connectivity index (χ0n) is 12.8. The zero-order chi connectivity index (χ0) is 16.7. The van der Waals surface area contributed by atoms with E-state index < -0.39 is 0 Å². The standard InChI is InChI=1S/C18H14ClN3OS/c1-10(17(23)22-18-20-6-7-24-18)11-2-4-13-14-9-12(19)3-5-15(14)21-16(13)8-11/h2-10,21H,1H3,(H,20,22,23)/t10-/m0/s1. The summed E-state index contributed by atoms with van der Waals surface area (Å²) < 4.78 is 0. The maximum atomic E-state index is 12.4. The van der Waals surface area contributed by atoms with E-state index >= 15 is 0 Å².